The molecule has 0 bridgehead atoms. The van der Waals surface area contributed by atoms with E-state index in [1.165, 1.54) is 27.0 Å². The molecule has 0 unspecified atom stereocenters. The molecule has 0 N–H and O–H groups in total. The molecule has 62 heavy (non-hydrogen) atoms. The van der Waals surface area contributed by atoms with E-state index in [0.717, 1.165) is 105 Å². The summed E-state index contributed by atoms with van der Waals surface area (Å²) in [6, 6.07) is 69.3. The van der Waals surface area contributed by atoms with Gasteiger partial charge in [0.2, 0.25) is 0 Å². The fraction of sp³-hybridized carbons (Fsp3) is 0.0175. The first-order chi connectivity index (χ1) is 30.7. The van der Waals surface area contributed by atoms with Gasteiger partial charge in [0.1, 0.15) is 22.7 Å². The summed E-state index contributed by atoms with van der Waals surface area (Å²) in [5, 5.41) is 5.56. The summed E-state index contributed by atoms with van der Waals surface area (Å²) < 4.78 is 15.8. The highest BCUT2D eigenvalue weighted by atomic mass is 32.1. The van der Waals surface area contributed by atoms with Gasteiger partial charge in [0.05, 0.1) is 21.3 Å². The molecule has 0 saturated carbocycles. The number of rotatable bonds is 3. The summed E-state index contributed by atoms with van der Waals surface area (Å²) in [5.41, 5.74) is 14.5. The molecule has 1 aliphatic carbocycles. The zero-order valence-corrected chi connectivity index (χ0v) is 33.9. The highest BCUT2D eigenvalue weighted by Gasteiger charge is 2.51. The summed E-state index contributed by atoms with van der Waals surface area (Å²) in [6.07, 6.45) is 0. The van der Waals surface area contributed by atoms with Crippen LogP contribution in [0.2, 0.25) is 0 Å². The Morgan fingerprint density at radius 2 is 1.08 bits per heavy atom. The van der Waals surface area contributed by atoms with Gasteiger partial charge in [-0.2, -0.15) is 0 Å². The van der Waals surface area contributed by atoms with Crippen LogP contribution in [-0.2, 0) is 5.41 Å². The minimum absolute atomic E-state index is 0.551. The number of fused-ring (bicyclic) bond motifs is 16. The zero-order chi connectivity index (χ0) is 40.5. The van der Waals surface area contributed by atoms with Crippen molar-refractivity contribution in [3.8, 4) is 56.4 Å². The van der Waals surface area contributed by atoms with Gasteiger partial charge in [-0.15, -0.1) is 11.3 Å². The number of aromatic nitrogens is 2. The van der Waals surface area contributed by atoms with Gasteiger partial charge in [-0.1, -0.05) is 152 Å². The molecule has 4 nitrogen and oxygen atoms in total. The van der Waals surface area contributed by atoms with Crippen LogP contribution in [0.1, 0.15) is 22.3 Å². The minimum atomic E-state index is -0.551. The molecule has 0 atom stereocenters. The van der Waals surface area contributed by atoms with Crippen LogP contribution >= 0.6 is 11.3 Å². The second kappa shape index (κ2) is 12.6. The van der Waals surface area contributed by atoms with E-state index >= 15 is 0 Å². The molecule has 9 aromatic carbocycles. The fourth-order valence-electron chi connectivity index (χ4n) is 10.5. The summed E-state index contributed by atoms with van der Waals surface area (Å²) >= 11 is 1.75. The Morgan fingerprint density at radius 3 is 1.95 bits per heavy atom. The van der Waals surface area contributed by atoms with Crippen molar-refractivity contribution >= 4 is 64.4 Å². The maximum atomic E-state index is 6.89. The number of para-hydroxylation sites is 3. The monoisotopic (exact) mass is 808 g/mol. The molecule has 12 aromatic rings. The molecule has 0 radical (unpaired) electrons. The third-order valence-corrected chi connectivity index (χ3v) is 14.3. The highest BCUT2D eigenvalue weighted by molar-refractivity contribution is 7.26. The molecule has 0 fully saturated rings. The van der Waals surface area contributed by atoms with Crippen molar-refractivity contribution in [2.24, 2.45) is 0 Å². The topological polar surface area (TPSA) is 48.2 Å². The lowest BCUT2D eigenvalue weighted by Gasteiger charge is -2.39. The second-order valence-corrected chi connectivity index (χ2v) is 17.4. The van der Waals surface area contributed by atoms with E-state index in [4.69, 9.17) is 19.1 Å². The third-order valence-electron chi connectivity index (χ3n) is 13.2. The van der Waals surface area contributed by atoms with Gasteiger partial charge in [-0.3, -0.25) is 0 Å². The molecule has 0 saturated heterocycles. The number of furan rings is 1. The standard InChI is InChI=1S/C57H32N2O2S/c1-2-15-36-33(13-1)14-11-20-41(36)56-58-52(55-53(59-56)42-17-4-10-26-51(42)62-55)35-28-30-48-43(31-35)40-19-12-18-37(54(40)61-48)34-27-29-39-38-16-3-5-21-44(38)57(47(39)32-34)45-22-6-8-24-49(45)60-50-25-9-7-23-46(50)57/h1-32H. The van der Waals surface area contributed by atoms with Gasteiger partial charge in [0.25, 0.3) is 0 Å². The predicted molar refractivity (Wildman–Crippen MR) is 253 cm³/mol. The molecule has 1 aliphatic heterocycles. The first-order valence-corrected chi connectivity index (χ1v) is 21.8. The smallest absolute Gasteiger partial charge is 0.161 e. The van der Waals surface area contributed by atoms with E-state index in [2.05, 4.69) is 194 Å². The Labute approximate surface area is 360 Å². The molecule has 4 heterocycles. The summed E-state index contributed by atoms with van der Waals surface area (Å²) in [4.78, 5) is 10.7. The van der Waals surface area contributed by atoms with Gasteiger partial charge in [-0.25, -0.2) is 9.97 Å². The molecule has 5 heteroatoms. The minimum Gasteiger partial charge on any atom is -0.457 e. The second-order valence-electron chi connectivity index (χ2n) is 16.3. The molecule has 14 rings (SSSR count). The Balaban J connectivity index is 0.970. The molecule has 0 amide bonds. The van der Waals surface area contributed by atoms with Crippen molar-refractivity contribution in [1.29, 1.82) is 0 Å². The number of benzene rings is 9. The van der Waals surface area contributed by atoms with Crippen molar-refractivity contribution in [2.75, 3.05) is 0 Å². The quantitative estimate of drug-likeness (QED) is 0.178. The van der Waals surface area contributed by atoms with Gasteiger partial charge in [-0.05, 0) is 81.1 Å². The molecule has 2 aliphatic rings. The van der Waals surface area contributed by atoms with Crippen molar-refractivity contribution in [3.63, 3.8) is 0 Å². The molecular formula is C57H32N2O2S. The predicted octanol–water partition coefficient (Wildman–Crippen LogP) is 15.4. The van der Waals surface area contributed by atoms with Crippen LogP contribution in [0.15, 0.2) is 199 Å². The number of thiophene rings is 1. The van der Waals surface area contributed by atoms with Crippen molar-refractivity contribution < 1.29 is 9.15 Å². The van der Waals surface area contributed by atoms with Gasteiger partial charge >= 0.3 is 0 Å². The Bertz CT molecular complexity index is 3830. The highest BCUT2D eigenvalue weighted by Crippen LogP contribution is 2.62. The lowest BCUT2D eigenvalue weighted by molar-refractivity contribution is 0.436. The van der Waals surface area contributed by atoms with Crippen LogP contribution in [0.25, 0.3) is 97.9 Å². The number of nitrogens with zero attached hydrogens (tertiary/aromatic N) is 2. The maximum absolute atomic E-state index is 6.89. The van der Waals surface area contributed by atoms with E-state index in [1.807, 2.05) is 0 Å². The number of ether oxygens (including phenoxy) is 1. The van der Waals surface area contributed by atoms with Crippen LogP contribution in [0.3, 0.4) is 0 Å². The third kappa shape index (κ3) is 4.55. The first-order valence-electron chi connectivity index (χ1n) is 21.0. The van der Waals surface area contributed by atoms with Crippen molar-refractivity contribution in [2.45, 2.75) is 5.41 Å². The van der Waals surface area contributed by atoms with E-state index in [1.54, 1.807) is 11.3 Å². The Kier molecular flexibility index (Phi) is 6.88. The normalized spacial score (nSPS) is 13.4. The van der Waals surface area contributed by atoms with Crippen LogP contribution in [0, 0.1) is 0 Å². The van der Waals surface area contributed by atoms with Crippen LogP contribution in [-0.4, -0.2) is 9.97 Å². The SMILES string of the molecule is c1ccc2c(c1)Oc1ccccc1C21c2ccccc2-c2ccc(-c3cccc4c3oc3ccc(-c5nc(-c6cccc7ccccc67)nc6c5sc5ccccc56)cc34)cc21. The Morgan fingerprint density at radius 1 is 0.435 bits per heavy atom. The number of hydrogen-bond acceptors (Lipinski definition) is 5. The van der Waals surface area contributed by atoms with Crippen molar-refractivity contribution in [3.05, 3.63) is 216 Å². The summed E-state index contributed by atoms with van der Waals surface area (Å²) in [6.45, 7) is 0. The zero-order valence-electron chi connectivity index (χ0n) is 33.1. The average molecular weight is 809 g/mol. The van der Waals surface area contributed by atoms with Gasteiger partial charge in [0.15, 0.2) is 5.82 Å². The average Bonchev–Trinajstić information content (AvgIpc) is 3.99. The molecule has 288 valence electrons. The van der Waals surface area contributed by atoms with Crippen LogP contribution < -0.4 is 4.74 Å². The lowest BCUT2D eigenvalue weighted by Crippen LogP contribution is -2.32. The van der Waals surface area contributed by atoms with E-state index in [-0.39, 0.29) is 0 Å². The van der Waals surface area contributed by atoms with E-state index in [0.29, 0.717) is 0 Å². The van der Waals surface area contributed by atoms with Crippen LogP contribution in [0.5, 0.6) is 11.5 Å². The largest absolute Gasteiger partial charge is 0.457 e. The first kappa shape index (κ1) is 33.9. The van der Waals surface area contributed by atoms with E-state index in [9.17, 15) is 0 Å². The van der Waals surface area contributed by atoms with Crippen LogP contribution in [0.4, 0.5) is 0 Å². The Hall–Kier alpha value is -7.86. The number of hydrogen-bond donors (Lipinski definition) is 0. The fourth-order valence-corrected chi connectivity index (χ4v) is 11.7. The maximum Gasteiger partial charge on any atom is 0.161 e. The molecule has 1 spiro atoms. The van der Waals surface area contributed by atoms with Gasteiger partial charge < -0.3 is 9.15 Å². The lowest BCUT2D eigenvalue weighted by atomic mass is 9.66. The molecular weight excluding hydrogens is 777 g/mol. The van der Waals surface area contributed by atoms with Crippen molar-refractivity contribution in [1.82, 2.24) is 9.97 Å². The molecule has 3 aromatic heterocycles. The summed E-state index contributed by atoms with van der Waals surface area (Å²) in [7, 11) is 0. The van der Waals surface area contributed by atoms with Gasteiger partial charge in [0, 0.05) is 48.7 Å². The van der Waals surface area contributed by atoms with E-state index < -0.39 is 5.41 Å². The summed E-state index contributed by atoms with van der Waals surface area (Å²) in [5.74, 6) is 2.49.